The number of aromatic nitrogens is 2. The van der Waals surface area contributed by atoms with Gasteiger partial charge in [-0.1, -0.05) is 47.7 Å². The lowest BCUT2D eigenvalue weighted by atomic mass is 10.1. The summed E-state index contributed by atoms with van der Waals surface area (Å²) in [6.07, 6.45) is 0. The van der Waals surface area contributed by atoms with Crippen LogP contribution in [-0.4, -0.2) is 9.38 Å². The Hall–Kier alpha value is -2.13. The molecule has 0 fully saturated rings. The van der Waals surface area contributed by atoms with Crippen LogP contribution in [0.1, 0.15) is 16.8 Å². The lowest BCUT2D eigenvalue weighted by Crippen LogP contribution is -1.90. The van der Waals surface area contributed by atoms with Crippen molar-refractivity contribution >= 4 is 26.5 Å². The molecule has 0 aliphatic carbocycles. The Morgan fingerprint density at radius 2 is 1.71 bits per heavy atom. The number of rotatable bonds is 1. The van der Waals surface area contributed by atoms with Crippen LogP contribution in [0.3, 0.4) is 0 Å². The van der Waals surface area contributed by atoms with E-state index in [0.29, 0.717) is 0 Å². The minimum absolute atomic E-state index is 1.08. The van der Waals surface area contributed by atoms with Crippen LogP contribution in [0.2, 0.25) is 0 Å². The largest absolute Gasteiger partial charge is 0.287 e. The van der Waals surface area contributed by atoms with Crippen LogP contribution >= 0.6 is 11.3 Å². The van der Waals surface area contributed by atoms with Gasteiger partial charge in [0.05, 0.1) is 15.9 Å². The number of fused-ring (bicyclic) bond motifs is 3. The molecule has 0 saturated carbocycles. The standard InChI is InChI=1S/C18H16N2S/c1-11-9-10-15-17(12(11)2)20-13(3)16(19-18(20)21-15)14-7-5-4-6-8-14/h4-10H,1-3H3. The number of aryl methyl sites for hydroxylation is 3. The molecule has 3 heteroatoms. The Labute approximate surface area is 127 Å². The third-order valence-electron chi connectivity index (χ3n) is 4.21. The van der Waals surface area contributed by atoms with Gasteiger partial charge >= 0.3 is 0 Å². The molecule has 0 bridgehead atoms. The van der Waals surface area contributed by atoms with Gasteiger partial charge in [-0.2, -0.15) is 0 Å². The number of hydrogen-bond donors (Lipinski definition) is 0. The van der Waals surface area contributed by atoms with Gasteiger partial charge in [0.15, 0.2) is 4.96 Å². The maximum Gasteiger partial charge on any atom is 0.195 e. The first-order valence-corrected chi connectivity index (χ1v) is 7.91. The SMILES string of the molecule is Cc1ccc2sc3nc(-c4ccccc4)c(C)n3c2c1C. The highest BCUT2D eigenvalue weighted by Crippen LogP contribution is 2.34. The fraction of sp³-hybridized carbons (Fsp3) is 0.167. The lowest BCUT2D eigenvalue weighted by molar-refractivity contribution is 1.17. The van der Waals surface area contributed by atoms with Crippen molar-refractivity contribution in [1.82, 2.24) is 9.38 Å². The van der Waals surface area contributed by atoms with E-state index in [1.807, 2.05) is 6.07 Å². The Bertz CT molecular complexity index is 961. The third kappa shape index (κ3) is 1.74. The summed E-state index contributed by atoms with van der Waals surface area (Å²) in [5, 5.41) is 0. The Balaban J connectivity index is 2.11. The van der Waals surface area contributed by atoms with E-state index < -0.39 is 0 Å². The summed E-state index contributed by atoms with van der Waals surface area (Å²) in [5.74, 6) is 0. The van der Waals surface area contributed by atoms with Crippen LogP contribution in [0.25, 0.3) is 26.4 Å². The van der Waals surface area contributed by atoms with E-state index in [4.69, 9.17) is 4.98 Å². The minimum Gasteiger partial charge on any atom is -0.287 e. The molecule has 0 spiro atoms. The summed E-state index contributed by atoms with van der Waals surface area (Å²) < 4.78 is 3.62. The van der Waals surface area contributed by atoms with Crippen LogP contribution in [0.4, 0.5) is 0 Å². The average Bonchev–Trinajstić information content (AvgIpc) is 3.01. The summed E-state index contributed by atoms with van der Waals surface area (Å²) >= 11 is 1.77. The molecule has 4 rings (SSSR count). The second-order valence-corrected chi connectivity index (χ2v) is 6.50. The molecule has 0 unspecified atom stereocenters. The van der Waals surface area contributed by atoms with Gasteiger partial charge < -0.3 is 0 Å². The second kappa shape index (κ2) is 4.43. The van der Waals surface area contributed by atoms with Crippen molar-refractivity contribution in [3.63, 3.8) is 0 Å². The van der Waals surface area contributed by atoms with Crippen molar-refractivity contribution in [3.05, 3.63) is 59.3 Å². The van der Waals surface area contributed by atoms with Crippen molar-refractivity contribution in [2.75, 3.05) is 0 Å². The molecule has 0 N–H and O–H groups in total. The molecular weight excluding hydrogens is 276 g/mol. The molecule has 0 saturated heterocycles. The summed E-state index contributed by atoms with van der Waals surface area (Å²) in [7, 11) is 0. The molecule has 2 nitrogen and oxygen atoms in total. The average molecular weight is 292 g/mol. The maximum atomic E-state index is 4.87. The van der Waals surface area contributed by atoms with Crippen molar-refractivity contribution in [3.8, 4) is 11.3 Å². The molecule has 0 aliphatic rings. The van der Waals surface area contributed by atoms with Gasteiger partial charge in [-0.05, 0) is 38.0 Å². The zero-order valence-electron chi connectivity index (χ0n) is 12.3. The van der Waals surface area contributed by atoms with E-state index in [2.05, 4.69) is 61.6 Å². The minimum atomic E-state index is 1.08. The predicted octanol–water partition coefficient (Wildman–Crippen LogP) is 5.14. The van der Waals surface area contributed by atoms with Crippen molar-refractivity contribution in [2.45, 2.75) is 20.8 Å². The van der Waals surface area contributed by atoms with E-state index in [1.54, 1.807) is 11.3 Å². The Morgan fingerprint density at radius 1 is 0.952 bits per heavy atom. The van der Waals surface area contributed by atoms with Crippen molar-refractivity contribution in [1.29, 1.82) is 0 Å². The van der Waals surface area contributed by atoms with Crippen LogP contribution in [0.15, 0.2) is 42.5 Å². The van der Waals surface area contributed by atoms with Crippen molar-refractivity contribution in [2.24, 2.45) is 0 Å². The van der Waals surface area contributed by atoms with Crippen LogP contribution in [0.5, 0.6) is 0 Å². The van der Waals surface area contributed by atoms with Crippen molar-refractivity contribution < 1.29 is 0 Å². The van der Waals surface area contributed by atoms with Gasteiger partial charge in [0.25, 0.3) is 0 Å². The molecule has 104 valence electrons. The third-order valence-corrected chi connectivity index (χ3v) is 5.22. The Morgan fingerprint density at radius 3 is 2.48 bits per heavy atom. The molecule has 0 aliphatic heterocycles. The molecule has 0 radical (unpaired) electrons. The Kier molecular flexibility index (Phi) is 2.66. The number of benzene rings is 2. The van der Waals surface area contributed by atoms with E-state index in [9.17, 15) is 0 Å². The zero-order chi connectivity index (χ0) is 14.6. The molecule has 2 heterocycles. The number of nitrogens with zero attached hydrogens (tertiary/aromatic N) is 2. The molecule has 4 aromatic rings. The maximum absolute atomic E-state index is 4.87. The normalized spacial score (nSPS) is 11.6. The van der Waals surface area contributed by atoms with Gasteiger partial charge in [0.1, 0.15) is 0 Å². The predicted molar refractivity (Wildman–Crippen MR) is 90.2 cm³/mol. The van der Waals surface area contributed by atoms with Gasteiger partial charge in [0, 0.05) is 11.3 Å². The first kappa shape index (κ1) is 12.6. The molecule has 2 aromatic heterocycles. The fourth-order valence-corrected chi connectivity index (χ4v) is 4.04. The second-order valence-electron chi connectivity index (χ2n) is 5.49. The van der Waals surface area contributed by atoms with E-state index in [0.717, 1.165) is 10.7 Å². The molecule has 0 atom stereocenters. The smallest absolute Gasteiger partial charge is 0.195 e. The highest BCUT2D eigenvalue weighted by Gasteiger charge is 2.16. The molecular formula is C18H16N2S. The van der Waals surface area contributed by atoms with Gasteiger partial charge in [-0.3, -0.25) is 4.40 Å². The van der Waals surface area contributed by atoms with Gasteiger partial charge in [-0.25, -0.2) is 4.98 Å². The van der Waals surface area contributed by atoms with Gasteiger partial charge in [-0.15, -0.1) is 0 Å². The first-order valence-electron chi connectivity index (χ1n) is 7.10. The summed E-state index contributed by atoms with van der Waals surface area (Å²) in [6, 6.07) is 14.8. The van der Waals surface area contributed by atoms with Crippen LogP contribution in [0, 0.1) is 20.8 Å². The monoisotopic (exact) mass is 292 g/mol. The van der Waals surface area contributed by atoms with Gasteiger partial charge in [0.2, 0.25) is 0 Å². The quantitative estimate of drug-likeness (QED) is 0.475. The fourth-order valence-electron chi connectivity index (χ4n) is 2.91. The first-order chi connectivity index (χ1) is 10.2. The number of hydrogen-bond acceptors (Lipinski definition) is 2. The summed E-state index contributed by atoms with van der Waals surface area (Å²) in [4.78, 5) is 5.95. The topological polar surface area (TPSA) is 17.3 Å². The van der Waals surface area contributed by atoms with Crippen LogP contribution in [-0.2, 0) is 0 Å². The lowest BCUT2D eigenvalue weighted by Gasteiger charge is -2.04. The van der Waals surface area contributed by atoms with E-state index in [-0.39, 0.29) is 0 Å². The zero-order valence-corrected chi connectivity index (χ0v) is 13.2. The highest BCUT2D eigenvalue weighted by molar-refractivity contribution is 7.23. The number of thiazole rings is 1. The molecule has 0 amide bonds. The van der Waals surface area contributed by atoms with E-state index in [1.165, 1.54) is 32.6 Å². The summed E-state index contributed by atoms with van der Waals surface area (Å²) in [6.45, 7) is 6.53. The van der Waals surface area contributed by atoms with Crippen LogP contribution < -0.4 is 0 Å². The highest BCUT2D eigenvalue weighted by atomic mass is 32.1. The van der Waals surface area contributed by atoms with E-state index >= 15 is 0 Å². The number of imidazole rings is 1. The molecule has 21 heavy (non-hydrogen) atoms. The molecule has 2 aromatic carbocycles. The summed E-state index contributed by atoms with van der Waals surface area (Å²) in [5.41, 5.74) is 7.47.